The lowest BCUT2D eigenvalue weighted by molar-refractivity contribution is -0.136. The summed E-state index contributed by atoms with van der Waals surface area (Å²) in [5.41, 5.74) is 6.79. The second-order valence-corrected chi connectivity index (χ2v) is 12.4. The zero-order valence-corrected chi connectivity index (χ0v) is 28.5. The van der Waals surface area contributed by atoms with E-state index in [0.29, 0.717) is 32.1 Å². The molecule has 0 saturated carbocycles. The summed E-state index contributed by atoms with van der Waals surface area (Å²) in [5, 5.41) is 15.4. The van der Waals surface area contributed by atoms with Crippen molar-refractivity contribution >= 4 is 40.5 Å². The number of anilines is 1. The summed E-state index contributed by atoms with van der Waals surface area (Å²) in [5.74, 6) is -1.07. The van der Waals surface area contributed by atoms with Gasteiger partial charge >= 0.3 is 0 Å². The van der Waals surface area contributed by atoms with E-state index in [4.69, 9.17) is 9.47 Å². The highest BCUT2D eigenvalue weighted by Crippen LogP contribution is 2.36. The number of carbonyl (C=O) groups excluding carboxylic acids is 4. The number of rotatable bonds is 15. The number of ether oxygens (including phenoxy) is 2. The Morgan fingerprint density at radius 3 is 2.20 bits per heavy atom. The number of hydrogen-bond donors (Lipinski definition) is 3. The maximum absolute atomic E-state index is 13.0. The van der Waals surface area contributed by atoms with Crippen molar-refractivity contribution in [3.63, 3.8) is 0 Å². The molecule has 3 N–H and O–H groups in total. The van der Waals surface area contributed by atoms with E-state index in [2.05, 4.69) is 41.8 Å². The van der Waals surface area contributed by atoms with Crippen molar-refractivity contribution in [1.82, 2.24) is 10.2 Å². The normalized spacial score (nSPS) is 16.1. The summed E-state index contributed by atoms with van der Waals surface area (Å²) >= 11 is 0. The van der Waals surface area contributed by atoms with Gasteiger partial charge in [0.2, 0.25) is 11.8 Å². The molecule has 4 aromatic carbocycles. The zero-order chi connectivity index (χ0) is 35.7. The quantitative estimate of drug-likeness (QED) is 0.0738. The van der Waals surface area contributed by atoms with Gasteiger partial charge in [-0.3, -0.25) is 29.4 Å². The number of aromatic hydroxyl groups is 1. The lowest BCUT2D eigenvalue weighted by atomic mass is 9.88. The Labute approximate surface area is 297 Å². The summed E-state index contributed by atoms with van der Waals surface area (Å²) in [6, 6.07) is 29.7. The van der Waals surface area contributed by atoms with E-state index in [1.54, 1.807) is 30.3 Å². The van der Waals surface area contributed by atoms with Crippen LogP contribution in [0.5, 0.6) is 11.5 Å². The Bertz CT molecular complexity index is 1920. The number of nitrogens with zero attached hydrogens (tertiary/aromatic N) is 1. The lowest BCUT2D eigenvalue weighted by Gasteiger charge is -2.27. The third-order valence-electron chi connectivity index (χ3n) is 9.01. The van der Waals surface area contributed by atoms with Crippen molar-refractivity contribution in [1.29, 1.82) is 0 Å². The minimum absolute atomic E-state index is 0.0811. The molecule has 0 radical (unpaired) electrons. The van der Waals surface area contributed by atoms with E-state index in [-0.39, 0.29) is 29.7 Å². The highest BCUT2D eigenvalue weighted by Gasteiger charge is 2.44. The molecule has 1 unspecified atom stereocenters. The lowest BCUT2D eigenvalue weighted by Crippen LogP contribution is -2.54. The molecule has 6 rings (SSSR count). The average molecular weight is 688 g/mol. The molecule has 1 saturated heterocycles. The Morgan fingerprint density at radius 2 is 1.49 bits per heavy atom. The highest BCUT2D eigenvalue weighted by molar-refractivity contribution is 6.23. The van der Waals surface area contributed by atoms with Gasteiger partial charge < -0.3 is 19.9 Å². The van der Waals surface area contributed by atoms with E-state index in [0.717, 1.165) is 52.2 Å². The van der Waals surface area contributed by atoms with Crippen molar-refractivity contribution in [3.05, 3.63) is 125 Å². The molecular weight excluding hydrogens is 646 g/mol. The molecule has 2 aliphatic heterocycles. The van der Waals surface area contributed by atoms with Gasteiger partial charge in [0.05, 0.1) is 17.7 Å². The number of carbonyl (C=O) groups is 4. The number of fused-ring (bicyclic) bond motifs is 1. The molecular formula is C41H41N3O7. The number of amides is 4. The maximum atomic E-state index is 13.0. The third kappa shape index (κ3) is 8.19. The Morgan fingerprint density at radius 1 is 0.804 bits per heavy atom. The van der Waals surface area contributed by atoms with Crippen LogP contribution in [0.1, 0.15) is 76.4 Å². The van der Waals surface area contributed by atoms with E-state index in [1.165, 1.54) is 5.57 Å². The van der Waals surface area contributed by atoms with Gasteiger partial charge in [0, 0.05) is 38.3 Å². The Hall–Kier alpha value is -5.74. The van der Waals surface area contributed by atoms with Crippen LogP contribution in [-0.4, -0.2) is 66.0 Å². The van der Waals surface area contributed by atoms with Crippen molar-refractivity contribution < 1.29 is 33.8 Å². The number of phenolic OH excluding ortho intramolecular Hbond substituents is 1. The zero-order valence-electron chi connectivity index (χ0n) is 28.5. The predicted molar refractivity (Wildman–Crippen MR) is 194 cm³/mol. The third-order valence-corrected chi connectivity index (χ3v) is 9.01. The largest absolute Gasteiger partial charge is 0.508 e. The molecule has 4 aromatic rings. The fourth-order valence-corrected chi connectivity index (χ4v) is 6.47. The summed E-state index contributed by atoms with van der Waals surface area (Å²) in [7, 11) is 0. The molecule has 1 fully saturated rings. The number of piperidine rings is 1. The maximum Gasteiger partial charge on any atom is 0.262 e. The van der Waals surface area contributed by atoms with Gasteiger partial charge in [-0.2, -0.15) is 0 Å². The number of allylic oxidation sites excluding steroid dienone is 1. The molecule has 51 heavy (non-hydrogen) atoms. The van der Waals surface area contributed by atoms with Crippen molar-refractivity contribution in [3.8, 4) is 11.5 Å². The molecule has 4 amide bonds. The van der Waals surface area contributed by atoms with Gasteiger partial charge in [0.25, 0.3) is 11.8 Å². The molecule has 2 aliphatic rings. The summed E-state index contributed by atoms with van der Waals surface area (Å²) in [4.78, 5) is 50.7. The molecule has 1 atom stereocenters. The van der Waals surface area contributed by atoms with Gasteiger partial charge in [-0.1, -0.05) is 61.5 Å². The number of benzene rings is 4. The molecule has 10 nitrogen and oxygen atoms in total. The first-order valence-corrected chi connectivity index (χ1v) is 17.3. The molecule has 262 valence electrons. The van der Waals surface area contributed by atoms with Crippen LogP contribution >= 0.6 is 0 Å². The predicted octanol–water partition coefficient (Wildman–Crippen LogP) is 6.45. The minimum Gasteiger partial charge on any atom is -0.508 e. The fraction of sp³-hybridized carbons (Fsp3) is 0.268. The van der Waals surface area contributed by atoms with Gasteiger partial charge in [-0.25, -0.2) is 0 Å². The summed E-state index contributed by atoms with van der Waals surface area (Å²) in [6.07, 6.45) is 2.51. The van der Waals surface area contributed by atoms with Crippen LogP contribution in [0.4, 0.5) is 5.69 Å². The van der Waals surface area contributed by atoms with Crippen LogP contribution in [0, 0.1) is 0 Å². The second-order valence-electron chi connectivity index (χ2n) is 12.4. The van der Waals surface area contributed by atoms with Crippen LogP contribution in [0.2, 0.25) is 0 Å². The SMILES string of the molecule is CCC(=C(c1ccc(O)cc1)c1ccc(OCCCOCCCNc2ccc3c(c2)C(=O)N(C2CCC(=O)NC2=O)C3=O)cc1)c1ccccc1. The average Bonchev–Trinajstić information content (AvgIpc) is 3.39. The second kappa shape index (κ2) is 16.3. The first-order chi connectivity index (χ1) is 24.8. The molecule has 0 aliphatic carbocycles. The van der Waals surface area contributed by atoms with Crippen LogP contribution in [0.25, 0.3) is 11.1 Å². The number of nitrogens with one attached hydrogen (secondary N) is 2. The van der Waals surface area contributed by atoms with Gasteiger partial charge in [-0.15, -0.1) is 0 Å². The number of hydrogen-bond acceptors (Lipinski definition) is 8. The first kappa shape index (κ1) is 35.1. The molecule has 0 spiro atoms. The summed E-state index contributed by atoms with van der Waals surface area (Å²) in [6.45, 7) is 4.36. The molecule has 0 aromatic heterocycles. The monoisotopic (exact) mass is 687 g/mol. The number of phenols is 1. The fourth-order valence-electron chi connectivity index (χ4n) is 6.47. The van der Waals surface area contributed by atoms with Crippen LogP contribution in [-0.2, 0) is 14.3 Å². The van der Waals surface area contributed by atoms with E-state index >= 15 is 0 Å². The van der Waals surface area contributed by atoms with Crippen molar-refractivity contribution in [2.45, 2.75) is 45.1 Å². The minimum atomic E-state index is -0.984. The molecule has 10 heteroatoms. The van der Waals surface area contributed by atoms with Crippen molar-refractivity contribution in [2.75, 3.05) is 31.7 Å². The van der Waals surface area contributed by atoms with Crippen LogP contribution in [0.3, 0.4) is 0 Å². The van der Waals surface area contributed by atoms with Gasteiger partial charge in [0.1, 0.15) is 17.5 Å². The van der Waals surface area contributed by atoms with E-state index < -0.39 is 29.7 Å². The molecule has 0 bridgehead atoms. The van der Waals surface area contributed by atoms with Crippen LogP contribution in [0.15, 0.2) is 97.1 Å². The van der Waals surface area contributed by atoms with Gasteiger partial charge in [0.15, 0.2) is 0 Å². The van der Waals surface area contributed by atoms with E-state index in [1.807, 2.05) is 42.5 Å². The highest BCUT2D eigenvalue weighted by atomic mass is 16.5. The Kier molecular flexibility index (Phi) is 11.2. The first-order valence-electron chi connectivity index (χ1n) is 17.3. The van der Waals surface area contributed by atoms with Gasteiger partial charge in [-0.05, 0) is 89.6 Å². The standard InChI is InChI=1S/C41H41N3O7/c1-2-33(27-8-4-3-5-9-27)38(28-10-15-31(45)16-11-28)29-12-17-32(18-13-29)51-25-7-24-50-23-6-22-42-30-14-19-34-35(26-30)41(49)44(40(34)48)36-20-21-37(46)43-39(36)47/h3-5,8-19,26,36,42,45H,2,6-7,20-25H2,1H3,(H,43,46,47). The summed E-state index contributed by atoms with van der Waals surface area (Å²) < 4.78 is 11.8. The van der Waals surface area contributed by atoms with E-state index in [9.17, 15) is 24.3 Å². The smallest absolute Gasteiger partial charge is 0.262 e. The topological polar surface area (TPSA) is 134 Å². The molecule has 2 heterocycles. The number of imide groups is 2. The van der Waals surface area contributed by atoms with Crippen LogP contribution < -0.4 is 15.4 Å². The van der Waals surface area contributed by atoms with Crippen molar-refractivity contribution in [2.24, 2.45) is 0 Å². The Balaban J connectivity index is 0.935.